The van der Waals surface area contributed by atoms with Crippen LogP contribution in [0.15, 0.2) is 82.2 Å². The standard InChI is InChI=1S/C22H22BrN3O2/c23-20-6-2-1-5-19(20)12-13-24-22(28)25-15-17-8-10-18(11-9-17)16-26-14-4-3-7-21(26)27/h1-11,14H,12-13,15-16H2,(H2,24,25,28). The minimum Gasteiger partial charge on any atom is -0.338 e. The number of pyridine rings is 1. The van der Waals surface area contributed by atoms with Crippen LogP contribution in [0.4, 0.5) is 4.79 Å². The first-order chi connectivity index (χ1) is 13.6. The second-order valence-electron chi connectivity index (χ2n) is 6.43. The SMILES string of the molecule is O=C(NCCc1ccccc1Br)NCc1ccc(Cn2ccccc2=O)cc1. The molecule has 0 saturated heterocycles. The first kappa shape index (κ1) is 19.9. The zero-order valence-corrected chi connectivity index (χ0v) is 17.0. The highest BCUT2D eigenvalue weighted by Crippen LogP contribution is 2.15. The molecule has 144 valence electrons. The molecule has 0 bridgehead atoms. The molecule has 0 fully saturated rings. The maximum Gasteiger partial charge on any atom is 0.315 e. The van der Waals surface area contributed by atoms with Crippen molar-refractivity contribution in [2.75, 3.05) is 6.54 Å². The molecule has 0 atom stereocenters. The fourth-order valence-corrected chi connectivity index (χ4v) is 3.29. The first-order valence-corrected chi connectivity index (χ1v) is 9.89. The molecule has 0 aliphatic rings. The third-order valence-electron chi connectivity index (χ3n) is 4.37. The highest BCUT2D eigenvalue weighted by molar-refractivity contribution is 9.10. The number of amides is 2. The van der Waals surface area contributed by atoms with Crippen LogP contribution in [0, 0.1) is 0 Å². The summed E-state index contributed by atoms with van der Waals surface area (Å²) in [6.45, 7) is 1.55. The summed E-state index contributed by atoms with van der Waals surface area (Å²) in [5, 5.41) is 5.73. The van der Waals surface area contributed by atoms with Crippen LogP contribution in [-0.4, -0.2) is 17.1 Å². The molecular formula is C22H22BrN3O2. The minimum absolute atomic E-state index is 0.0209. The molecule has 0 unspecified atom stereocenters. The van der Waals surface area contributed by atoms with Gasteiger partial charge in [0.1, 0.15) is 0 Å². The van der Waals surface area contributed by atoms with Gasteiger partial charge >= 0.3 is 6.03 Å². The van der Waals surface area contributed by atoms with Gasteiger partial charge in [0.15, 0.2) is 0 Å². The molecule has 0 spiro atoms. The second-order valence-corrected chi connectivity index (χ2v) is 7.29. The lowest BCUT2D eigenvalue weighted by atomic mass is 10.1. The van der Waals surface area contributed by atoms with Gasteiger partial charge in [-0.2, -0.15) is 0 Å². The van der Waals surface area contributed by atoms with Crippen LogP contribution < -0.4 is 16.2 Å². The first-order valence-electron chi connectivity index (χ1n) is 9.10. The van der Waals surface area contributed by atoms with Crippen molar-refractivity contribution in [3.8, 4) is 0 Å². The Morgan fingerprint density at radius 3 is 2.36 bits per heavy atom. The van der Waals surface area contributed by atoms with Crippen LogP contribution >= 0.6 is 15.9 Å². The average molecular weight is 440 g/mol. The van der Waals surface area contributed by atoms with E-state index in [0.717, 1.165) is 27.6 Å². The Bertz CT molecular complexity index is 983. The molecule has 3 rings (SSSR count). The molecule has 5 nitrogen and oxygen atoms in total. The molecule has 2 aromatic carbocycles. The highest BCUT2D eigenvalue weighted by Gasteiger charge is 2.03. The summed E-state index contributed by atoms with van der Waals surface area (Å²) in [6.07, 6.45) is 2.54. The monoisotopic (exact) mass is 439 g/mol. The van der Waals surface area contributed by atoms with Crippen LogP contribution in [0.5, 0.6) is 0 Å². The predicted octanol–water partition coefficient (Wildman–Crippen LogP) is 3.70. The molecule has 3 aromatic rings. The number of hydrogen-bond donors (Lipinski definition) is 2. The molecule has 0 radical (unpaired) electrons. The number of nitrogens with zero attached hydrogens (tertiary/aromatic N) is 1. The van der Waals surface area contributed by atoms with Crippen molar-refractivity contribution in [1.82, 2.24) is 15.2 Å². The number of hydrogen-bond acceptors (Lipinski definition) is 2. The van der Waals surface area contributed by atoms with Crippen molar-refractivity contribution < 1.29 is 4.79 Å². The molecule has 6 heteroatoms. The summed E-state index contributed by atoms with van der Waals surface area (Å²) in [6, 6.07) is 20.8. The second kappa shape index (κ2) is 9.90. The normalized spacial score (nSPS) is 10.5. The number of nitrogens with one attached hydrogen (secondary N) is 2. The van der Waals surface area contributed by atoms with E-state index in [-0.39, 0.29) is 11.6 Å². The van der Waals surface area contributed by atoms with Crippen molar-refractivity contribution in [3.63, 3.8) is 0 Å². The lowest BCUT2D eigenvalue weighted by molar-refractivity contribution is 0.240. The third kappa shape index (κ3) is 5.82. The van der Waals surface area contributed by atoms with E-state index in [9.17, 15) is 9.59 Å². The number of rotatable bonds is 7. The van der Waals surface area contributed by atoms with Crippen molar-refractivity contribution in [3.05, 3.63) is 104 Å². The summed E-state index contributed by atoms with van der Waals surface area (Å²) in [5.41, 5.74) is 3.18. The predicted molar refractivity (Wildman–Crippen MR) is 114 cm³/mol. The number of urea groups is 1. The summed E-state index contributed by atoms with van der Waals surface area (Å²) >= 11 is 3.51. The van der Waals surface area contributed by atoms with Gasteiger partial charge in [0, 0.05) is 29.8 Å². The van der Waals surface area contributed by atoms with E-state index in [1.165, 1.54) is 0 Å². The number of aromatic nitrogens is 1. The van der Waals surface area contributed by atoms with Gasteiger partial charge in [-0.15, -0.1) is 0 Å². The number of carbonyl (C=O) groups is 1. The van der Waals surface area contributed by atoms with E-state index < -0.39 is 0 Å². The molecule has 2 amide bonds. The van der Waals surface area contributed by atoms with Crippen molar-refractivity contribution in [2.24, 2.45) is 0 Å². The van der Waals surface area contributed by atoms with Gasteiger partial charge in [0.05, 0.1) is 6.54 Å². The molecule has 28 heavy (non-hydrogen) atoms. The molecule has 1 heterocycles. The fourth-order valence-electron chi connectivity index (χ4n) is 2.81. The van der Waals surface area contributed by atoms with E-state index in [1.807, 2.05) is 54.6 Å². The molecule has 0 aliphatic carbocycles. The lowest BCUT2D eigenvalue weighted by Crippen LogP contribution is -2.36. The van der Waals surface area contributed by atoms with Crippen LogP contribution in [0.2, 0.25) is 0 Å². The van der Waals surface area contributed by atoms with E-state index in [2.05, 4.69) is 26.6 Å². The topological polar surface area (TPSA) is 63.1 Å². The van der Waals surface area contributed by atoms with Gasteiger partial charge < -0.3 is 15.2 Å². The molecule has 2 N–H and O–H groups in total. The Morgan fingerprint density at radius 1 is 0.893 bits per heavy atom. The van der Waals surface area contributed by atoms with Crippen molar-refractivity contribution in [2.45, 2.75) is 19.5 Å². The van der Waals surface area contributed by atoms with E-state index in [4.69, 9.17) is 0 Å². The maximum absolute atomic E-state index is 12.0. The Labute approximate surface area is 172 Å². The van der Waals surface area contributed by atoms with Gasteiger partial charge in [0.25, 0.3) is 5.56 Å². The average Bonchev–Trinajstić information content (AvgIpc) is 2.71. The lowest BCUT2D eigenvalue weighted by Gasteiger charge is -2.10. The molecule has 0 aliphatic heterocycles. The van der Waals surface area contributed by atoms with Gasteiger partial charge in [-0.25, -0.2) is 4.79 Å². The highest BCUT2D eigenvalue weighted by atomic mass is 79.9. The number of halogens is 1. The van der Waals surface area contributed by atoms with Gasteiger partial charge in [-0.3, -0.25) is 4.79 Å². The number of benzene rings is 2. The summed E-state index contributed by atoms with van der Waals surface area (Å²) in [7, 11) is 0. The van der Waals surface area contributed by atoms with E-state index >= 15 is 0 Å². The zero-order valence-electron chi connectivity index (χ0n) is 15.4. The largest absolute Gasteiger partial charge is 0.338 e. The van der Waals surface area contributed by atoms with Crippen LogP contribution in [0.3, 0.4) is 0 Å². The number of carbonyl (C=O) groups excluding carboxylic acids is 1. The van der Waals surface area contributed by atoms with Gasteiger partial charge in [-0.05, 0) is 35.2 Å². The zero-order chi connectivity index (χ0) is 19.8. The molecular weight excluding hydrogens is 418 g/mol. The Hall–Kier alpha value is -2.86. The summed E-state index contributed by atoms with van der Waals surface area (Å²) in [4.78, 5) is 23.7. The van der Waals surface area contributed by atoms with E-state index in [1.54, 1.807) is 22.9 Å². The van der Waals surface area contributed by atoms with Crippen molar-refractivity contribution >= 4 is 22.0 Å². The van der Waals surface area contributed by atoms with Gasteiger partial charge in [0.2, 0.25) is 0 Å². The summed E-state index contributed by atoms with van der Waals surface area (Å²) < 4.78 is 2.71. The summed E-state index contributed by atoms with van der Waals surface area (Å²) in [5.74, 6) is 0. The minimum atomic E-state index is -0.188. The van der Waals surface area contributed by atoms with Crippen LogP contribution in [0.1, 0.15) is 16.7 Å². The Morgan fingerprint density at radius 2 is 1.61 bits per heavy atom. The van der Waals surface area contributed by atoms with Crippen LogP contribution in [-0.2, 0) is 19.5 Å². The van der Waals surface area contributed by atoms with Gasteiger partial charge in [-0.1, -0.05) is 64.5 Å². The smallest absolute Gasteiger partial charge is 0.315 e. The van der Waals surface area contributed by atoms with Crippen LogP contribution in [0.25, 0.3) is 0 Å². The quantitative estimate of drug-likeness (QED) is 0.589. The Balaban J connectivity index is 1.43. The maximum atomic E-state index is 12.0. The molecule has 1 aromatic heterocycles. The Kier molecular flexibility index (Phi) is 7.03. The van der Waals surface area contributed by atoms with E-state index in [0.29, 0.717) is 19.6 Å². The van der Waals surface area contributed by atoms with Crippen molar-refractivity contribution in [1.29, 1.82) is 0 Å². The fraction of sp³-hybridized carbons (Fsp3) is 0.182. The third-order valence-corrected chi connectivity index (χ3v) is 5.14. The molecule has 0 saturated carbocycles.